The summed E-state index contributed by atoms with van der Waals surface area (Å²) in [5, 5.41) is 9.14. The standard InChI is InChI=1S/C25H22F6O4/c1-3-34-22(23(32)33)14-17-6-8-21(9-7-17)35-11-10-16(2)4-5-18-12-19(24(26,27)28)15-20(13-18)25(29,30)31/h6-10,12-13,15,22H,3,11,14H2,1-2H3,(H,32,33)/b16-10-/t22-/m0/s1. The Morgan fingerprint density at radius 2 is 1.60 bits per heavy atom. The Balaban J connectivity index is 2.05. The molecule has 0 saturated carbocycles. The molecule has 0 unspecified atom stereocenters. The quantitative estimate of drug-likeness (QED) is 0.350. The molecule has 0 radical (unpaired) electrons. The van der Waals surface area contributed by atoms with E-state index >= 15 is 0 Å². The lowest BCUT2D eigenvalue weighted by atomic mass is 10.0. The van der Waals surface area contributed by atoms with Crippen molar-refractivity contribution in [2.45, 2.75) is 38.7 Å². The predicted molar refractivity (Wildman–Crippen MR) is 116 cm³/mol. The van der Waals surface area contributed by atoms with E-state index in [1.165, 1.54) is 13.0 Å². The first-order valence-electron chi connectivity index (χ1n) is 10.3. The van der Waals surface area contributed by atoms with E-state index in [1.807, 2.05) is 0 Å². The molecule has 0 spiro atoms. The minimum Gasteiger partial charge on any atom is -0.490 e. The van der Waals surface area contributed by atoms with Gasteiger partial charge in [-0.05, 0) is 61.4 Å². The summed E-state index contributed by atoms with van der Waals surface area (Å²) in [6, 6.07) is 7.82. The Kier molecular flexibility index (Phi) is 9.37. The SMILES string of the molecule is CCO[C@@H](Cc1ccc(OC/C=C(/C)C#Cc2cc(C(F)(F)F)cc(C(F)(F)F)c2)cc1)C(=O)O. The van der Waals surface area contributed by atoms with Gasteiger partial charge in [0.2, 0.25) is 0 Å². The highest BCUT2D eigenvalue weighted by molar-refractivity contribution is 5.72. The molecule has 0 aromatic heterocycles. The molecule has 0 bridgehead atoms. The molecule has 2 rings (SSSR count). The Labute approximate surface area is 198 Å². The summed E-state index contributed by atoms with van der Waals surface area (Å²) < 4.78 is 88.4. The van der Waals surface area contributed by atoms with Gasteiger partial charge in [0.1, 0.15) is 12.4 Å². The molecule has 188 valence electrons. The number of carbonyl (C=O) groups is 1. The lowest BCUT2D eigenvalue weighted by Crippen LogP contribution is -2.26. The minimum absolute atomic E-state index is 0.0473. The fraction of sp³-hybridized carbons (Fsp3) is 0.320. The number of ether oxygens (including phenoxy) is 2. The average Bonchev–Trinajstić information content (AvgIpc) is 2.77. The summed E-state index contributed by atoms with van der Waals surface area (Å²) >= 11 is 0. The average molecular weight is 500 g/mol. The first kappa shape index (κ1) is 27.8. The largest absolute Gasteiger partial charge is 0.490 e. The fourth-order valence-corrected chi connectivity index (χ4v) is 2.87. The van der Waals surface area contributed by atoms with Crippen molar-refractivity contribution in [3.05, 3.63) is 76.4 Å². The van der Waals surface area contributed by atoms with Gasteiger partial charge in [-0.25, -0.2) is 4.79 Å². The monoisotopic (exact) mass is 500 g/mol. The van der Waals surface area contributed by atoms with Crippen LogP contribution < -0.4 is 4.74 Å². The van der Waals surface area contributed by atoms with E-state index in [-0.39, 0.29) is 25.7 Å². The fourth-order valence-electron chi connectivity index (χ4n) is 2.87. The van der Waals surface area contributed by atoms with Crippen LogP contribution in [-0.4, -0.2) is 30.4 Å². The molecule has 35 heavy (non-hydrogen) atoms. The van der Waals surface area contributed by atoms with Crippen molar-refractivity contribution in [2.75, 3.05) is 13.2 Å². The van der Waals surface area contributed by atoms with Gasteiger partial charge in [-0.2, -0.15) is 26.3 Å². The van der Waals surface area contributed by atoms with Crippen molar-refractivity contribution < 1.29 is 45.7 Å². The van der Waals surface area contributed by atoms with Crippen molar-refractivity contribution in [3.8, 4) is 17.6 Å². The number of hydrogen-bond acceptors (Lipinski definition) is 3. The predicted octanol–water partition coefficient (Wildman–Crippen LogP) is 6.13. The second-order valence-corrected chi connectivity index (χ2v) is 7.37. The van der Waals surface area contributed by atoms with E-state index in [0.717, 1.165) is 5.56 Å². The number of hydrogen-bond donors (Lipinski definition) is 1. The van der Waals surface area contributed by atoms with Crippen LogP contribution in [0.2, 0.25) is 0 Å². The molecule has 0 heterocycles. The van der Waals surface area contributed by atoms with Gasteiger partial charge in [0, 0.05) is 18.6 Å². The summed E-state index contributed by atoms with van der Waals surface area (Å²) in [6.07, 6.45) is -9.13. The van der Waals surface area contributed by atoms with E-state index < -0.39 is 41.1 Å². The summed E-state index contributed by atoms with van der Waals surface area (Å²) in [7, 11) is 0. The highest BCUT2D eigenvalue weighted by atomic mass is 19.4. The number of allylic oxidation sites excluding steroid dienone is 1. The molecule has 2 aromatic carbocycles. The van der Waals surface area contributed by atoms with Crippen LogP contribution in [0.15, 0.2) is 54.1 Å². The maximum atomic E-state index is 12.9. The lowest BCUT2D eigenvalue weighted by Gasteiger charge is -2.12. The second kappa shape index (κ2) is 11.8. The third-order valence-corrected chi connectivity index (χ3v) is 4.62. The highest BCUT2D eigenvalue weighted by Gasteiger charge is 2.36. The topological polar surface area (TPSA) is 55.8 Å². The molecular formula is C25H22F6O4. The second-order valence-electron chi connectivity index (χ2n) is 7.37. The maximum absolute atomic E-state index is 12.9. The number of halogens is 6. The van der Waals surface area contributed by atoms with E-state index in [2.05, 4.69) is 11.8 Å². The van der Waals surface area contributed by atoms with Crippen molar-refractivity contribution in [2.24, 2.45) is 0 Å². The molecule has 0 fully saturated rings. The van der Waals surface area contributed by atoms with E-state index in [1.54, 1.807) is 31.2 Å². The van der Waals surface area contributed by atoms with Crippen LogP contribution >= 0.6 is 0 Å². The summed E-state index contributed by atoms with van der Waals surface area (Å²) in [4.78, 5) is 11.2. The lowest BCUT2D eigenvalue weighted by molar-refractivity contribution is -0.150. The molecular weight excluding hydrogens is 478 g/mol. The van der Waals surface area contributed by atoms with Crippen molar-refractivity contribution in [1.29, 1.82) is 0 Å². The number of rotatable bonds is 8. The Hall–Kier alpha value is -3.45. The Morgan fingerprint density at radius 1 is 1.03 bits per heavy atom. The number of benzene rings is 2. The highest BCUT2D eigenvalue weighted by Crippen LogP contribution is 2.36. The first-order valence-corrected chi connectivity index (χ1v) is 10.3. The van der Waals surface area contributed by atoms with E-state index in [0.29, 0.717) is 23.5 Å². The molecule has 4 nitrogen and oxygen atoms in total. The smallest absolute Gasteiger partial charge is 0.416 e. The first-order chi connectivity index (χ1) is 16.3. The van der Waals surface area contributed by atoms with Crippen molar-refractivity contribution in [1.82, 2.24) is 0 Å². The maximum Gasteiger partial charge on any atom is 0.416 e. The van der Waals surface area contributed by atoms with Crippen molar-refractivity contribution in [3.63, 3.8) is 0 Å². The van der Waals surface area contributed by atoms with Gasteiger partial charge in [-0.1, -0.05) is 24.0 Å². The molecule has 10 heteroatoms. The summed E-state index contributed by atoms with van der Waals surface area (Å²) in [5.74, 6) is 4.26. The zero-order chi connectivity index (χ0) is 26.2. The van der Waals surface area contributed by atoms with Gasteiger partial charge in [-0.15, -0.1) is 0 Å². The molecule has 0 aliphatic carbocycles. The molecule has 0 amide bonds. The van der Waals surface area contributed by atoms with Gasteiger partial charge in [0.15, 0.2) is 6.10 Å². The number of carboxylic acid groups (broad SMARTS) is 1. The zero-order valence-electron chi connectivity index (χ0n) is 18.8. The van der Waals surface area contributed by atoms with Gasteiger partial charge < -0.3 is 14.6 Å². The Bertz CT molecular complexity index is 1070. The third-order valence-electron chi connectivity index (χ3n) is 4.62. The van der Waals surface area contributed by atoms with Crippen LogP contribution in [0.3, 0.4) is 0 Å². The molecule has 0 saturated heterocycles. The molecule has 0 aliphatic heterocycles. The van der Waals surface area contributed by atoms with E-state index in [4.69, 9.17) is 14.6 Å². The Morgan fingerprint density at radius 3 is 2.09 bits per heavy atom. The van der Waals surface area contributed by atoms with Gasteiger partial charge >= 0.3 is 18.3 Å². The number of aliphatic carboxylic acids is 1. The van der Waals surface area contributed by atoms with Crippen LogP contribution in [0.4, 0.5) is 26.3 Å². The summed E-state index contributed by atoms with van der Waals surface area (Å²) in [5.41, 5.74) is -2.16. The normalized spacial score (nSPS) is 13.1. The number of alkyl halides is 6. The van der Waals surface area contributed by atoms with Crippen LogP contribution in [-0.2, 0) is 28.3 Å². The third kappa shape index (κ3) is 9.02. The zero-order valence-corrected chi connectivity index (χ0v) is 18.8. The van der Waals surface area contributed by atoms with Gasteiger partial charge in [0.25, 0.3) is 0 Å². The van der Waals surface area contributed by atoms with Gasteiger partial charge in [-0.3, -0.25) is 0 Å². The van der Waals surface area contributed by atoms with Crippen LogP contribution in [0.25, 0.3) is 0 Å². The molecule has 2 aromatic rings. The van der Waals surface area contributed by atoms with E-state index in [9.17, 15) is 31.1 Å². The molecule has 1 atom stereocenters. The summed E-state index contributed by atoms with van der Waals surface area (Å²) in [6.45, 7) is 3.56. The number of carboxylic acids is 1. The van der Waals surface area contributed by atoms with Crippen molar-refractivity contribution >= 4 is 5.97 Å². The minimum atomic E-state index is -4.94. The van der Waals surface area contributed by atoms with Crippen LogP contribution in [0.1, 0.15) is 36.1 Å². The molecule has 0 aliphatic rings. The van der Waals surface area contributed by atoms with Crippen LogP contribution in [0.5, 0.6) is 5.75 Å². The van der Waals surface area contributed by atoms with Crippen LogP contribution in [0, 0.1) is 11.8 Å². The van der Waals surface area contributed by atoms with Gasteiger partial charge in [0.05, 0.1) is 11.1 Å². The molecule has 1 N–H and O–H groups in total.